The Kier molecular flexibility index (Phi) is 6.01. The monoisotopic (exact) mass is 345 g/mol. The van der Waals surface area contributed by atoms with Crippen molar-refractivity contribution in [2.24, 2.45) is 0 Å². The van der Waals surface area contributed by atoms with Crippen molar-refractivity contribution in [3.05, 3.63) is 58.3 Å². The van der Waals surface area contributed by atoms with Crippen LogP contribution in [0, 0.1) is 0 Å². The smallest absolute Gasteiger partial charge is 0.255 e. The Morgan fingerprint density at radius 1 is 1.25 bits per heavy atom. The van der Waals surface area contributed by atoms with Gasteiger partial charge >= 0.3 is 0 Å². The Morgan fingerprint density at radius 3 is 2.79 bits per heavy atom. The summed E-state index contributed by atoms with van der Waals surface area (Å²) in [5.74, 6) is 0.107. The normalized spacial score (nSPS) is 20.5. The minimum atomic E-state index is 0.0583. The maximum atomic E-state index is 12.8. The van der Waals surface area contributed by atoms with Gasteiger partial charge in [0.25, 0.3) is 5.91 Å². The van der Waals surface area contributed by atoms with Crippen LogP contribution in [0.1, 0.15) is 22.3 Å². The highest BCUT2D eigenvalue weighted by Crippen LogP contribution is 2.26. The highest BCUT2D eigenvalue weighted by atomic mass is 32.1. The molecular formula is C19H23NO3S. The summed E-state index contributed by atoms with van der Waals surface area (Å²) in [6.07, 6.45) is 1.74. The molecule has 0 spiro atoms. The second-order valence-corrected chi connectivity index (χ2v) is 6.74. The van der Waals surface area contributed by atoms with E-state index in [2.05, 4.69) is 12.1 Å². The Hall–Kier alpha value is -1.69. The molecule has 0 N–H and O–H groups in total. The minimum Gasteiger partial charge on any atom is -0.382 e. The van der Waals surface area contributed by atoms with Gasteiger partial charge in [-0.15, -0.1) is 0 Å². The van der Waals surface area contributed by atoms with E-state index >= 15 is 0 Å². The van der Waals surface area contributed by atoms with Gasteiger partial charge in [-0.25, -0.2) is 0 Å². The maximum absolute atomic E-state index is 12.8. The lowest BCUT2D eigenvalue weighted by molar-refractivity contribution is 0.000503. The first-order valence-corrected chi connectivity index (χ1v) is 9.21. The van der Waals surface area contributed by atoms with Crippen molar-refractivity contribution in [1.82, 2.24) is 4.90 Å². The Morgan fingerprint density at radius 2 is 2.08 bits per heavy atom. The lowest BCUT2D eigenvalue weighted by atomic mass is 10.0. The van der Waals surface area contributed by atoms with E-state index in [1.165, 1.54) is 5.56 Å². The standard InChI is InChI=1S/C19H23NO3S/c1-22-10-11-23-18-7-9-20(19(21)16-8-12-24-14-16)17(18)13-15-5-3-2-4-6-15/h2-6,8,12,14,17-18H,7,9-11,13H2,1H3/t17-,18-/m1/s1. The molecule has 128 valence electrons. The Bertz CT molecular complexity index is 629. The maximum Gasteiger partial charge on any atom is 0.255 e. The number of hydrogen-bond donors (Lipinski definition) is 0. The largest absolute Gasteiger partial charge is 0.382 e. The molecule has 4 nitrogen and oxygen atoms in total. The predicted molar refractivity (Wildman–Crippen MR) is 95.5 cm³/mol. The highest BCUT2D eigenvalue weighted by molar-refractivity contribution is 7.08. The summed E-state index contributed by atoms with van der Waals surface area (Å²) >= 11 is 1.55. The van der Waals surface area contributed by atoms with E-state index < -0.39 is 0 Å². The van der Waals surface area contributed by atoms with E-state index in [0.29, 0.717) is 13.2 Å². The van der Waals surface area contributed by atoms with Crippen LogP contribution in [-0.4, -0.2) is 49.8 Å². The van der Waals surface area contributed by atoms with Crippen molar-refractivity contribution in [3.63, 3.8) is 0 Å². The Labute approximate surface area is 147 Å². The second-order valence-electron chi connectivity index (χ2n) is 5.96. The highest BCUT2D eigenvalue weighted by Gasteiger charge is 2.38. The predicted octanol–water partition coefficient (Wildman–Crippen LogP) is 3.24. The van der Waals surface area contributed by atoms with Crippen molar-refractivity contribution < 1.29 is 14.3 Å². The summed E-state index contributed by atoms with van der Waals surface area (Å²) in [6.45, 7) is 1.88. The fourth-order valence-electron chi connectivity index (χ4n) is 3.20. The molecule has 5 heteroatoms. The molecule has 1 aromatic heterocycles. The fourth-order valence-corrected chi connectivity index (χ4v) is 3.83. The summed E-state index contributed by atoms with van der Waals surface area (Å²) in [5, 5.41) is 3.86. The van der Waals surface area contributed by atoms with Crippen LogP contribution in [-0.2, 0) is 15.9 Å². The molecule has 24 heavy (non-hydrogen) atoms. The molecule has 1 fully saturated rings. The summed E-state index contributed by atoms with van der Waals surface area (Å²) < 4.78 is 11.1. The molecule has 0 saturated carbocycles. The molecular weight excluding hydrogens is 322 g/mol. The number of benzene rings is 1. The molecule has 1 aliphatic heterocycles. The van der Waals surface area contributed by atoms with Gasteiger partial charge in [0, 0.05) is 19.0 Å². The lowest BCUT2D eigenvalue weighted by Gasteiger charge is -2.28. The molecule has 2 heterocycles. The zero-order valence-corrected chi connectivity index (χ0v) is 14.7. The molecule has 0 unspecified atom stereocenters. The lowest BCUT2D eigenvalue weighted by Crippen LogP contribution is -2.42. The molecule has 0 aliphatic carbocycles. The van der Waals surface area contributed by atoms with Crippen LogP contribution in [0.2, 0.25) is 0 Å². The van der Waals surface area contributed by atoms with E-state index in [1.54, 1.807) is 18.4 Å². The summed E-state index contributed by atoms with van der Waals surface area (Å²) in [5.41, 5.74) is 2.00. The molecule has 3 rings (SSSR count). The molecule has 1 amide bonds. The number of likely N-dealkylation sites (tertiary alicyclic amines) is 1. The van der Waals surface area contributed by atoms with Crippen LogP contribution in [0.4, 0.5) is 0 Å². The third kappa shape index (κ3) is 4.04. The first-order valence-electron chi connectivity index (χ1n) is 8.27. The van der Waals surface area contributed by atoms with E-state index in [9.17, 15) is 4.79 Å². The number of nitrogens with zero attached hydrogens (tertiary/aromatic N) is 1. The van der Waals surface area contributed by atoms with Crippen molar-refractivity contribution in [3.8, 4) is 0 Å². The molecule has 1 saturated heterocycles. The molecule has 1 aliphatic rings. The van der Waals surface area contributed by atoms with Crippen LogP contribution in [0.3, 0.4) is 0 Å². The number of hydrogen-bond acceptors (Lipinski definition) is 4. The van der Waals surface area contributed by atoms with Crippen molar-refractivity contribution in [2.75, 3.05) is 26.9 Å². The van der Waals surface area contributed by atoms with Gasteiger partial charge in [0.1, 0.15) is 0 Å². The topological polar surface area (TPSA) is 38.8 Å². The third-order valence-corrected chi connectivity index (χ3v) is 5.10. The van der Waals surface area contributed by atoms with Crippen LogP contribution >= 0.6 is 11.3 Å². The average Bonchev–Trinajstić information content (AvgIpc) is 3.26. The Balaban J connectivity index is 1.75. The van der Waals surface area contributed by atoms with E-state index in [1.807, 2.05) is 39.9 Å². The second kappa shape index (κ2) is 8.42. The van der Waals surface area contributed by atoms with Crippen molar-refractivity contribution in [1.29, 1.82) is 0 Å². The van der Waals surface area contributed by atoms with Crippen LogP contribution < -0.4 is 0 Å². The molecule has 2 aromatic rings. The number of thiophene rings is 1. The summed E-state index contributed by atoms with van der Waals surface area (Å²) in [4.78, 5) is 14.8. The van der Waals surface area contributed by atoms with Gasteiger partial charge in [-0.2, -0.15) is 11.3 Å². The van der Waals surface area contributed by atoms with Crippen molar-refractivity contribution >= 4 is 17.2 Å². The van der Waals surface area contributed by atoms with E-state index in [4.69, 9.17) is 9.47 Å². The van der Waals surface area contributed by atoms with Crippen LogP contribution in [0.15, 0.2) is 47.2 Å². The van der Waals surface area contributed by atoms with Gasteiger partial charge in [-0.1, -0.05) is 30.3 Å². The number of rotatable bonds is 7. The van der Waals surface area contributed by atoms with Gasteiger partial charge < -0.3 is 14.4 Å². The molecule has 0 bridgehead atoms. The van der Waals surface area contributed by atoms with Gasteiger partial charge in [0.2, 0.25) is 0 Å². The van der Waals surface area contributed by atoms with Crippen LogP contribution in [0.5, 0.6) is 0 Å². The number of ether oxygens (including phenoxy) is 2. The fraction of sp³-hybridized carbons (Fsp3) is 0.421. The molecule has 2 atom stereocenters. The molecule has 1 aromatic carbocycles. The quantitative estimate of drug-likeness (QED) is 0.723. The van der Waals surface area contributed by atoms with Gasteiger partial charge in [-0.05, 0) is 29.9 Å². The average molecular weight is 345 g/mol. The summed E-state index contributed by atoms with van der Waals surface area (Å²) in [6, 6.07) is 12.3. The zero-order chi connectivity index (χ0) is 16.8. The van der Waals surface area contributed by atoms with Gasteiger partial charge in [0.15, 0.2) is 0 Å². The number of carbonyl (C=O) groups excluding carboxylic acids is 1. The first-order chi connectivity index (χ1) is 11.8. The van der Waals surface area contributed by atoms with Crippen molar-refractivity contribution in [2.45, 2.75) is 25.0 Å². The van der Waals surface area contributed by atoms with Gasteiger partial charge in [-0.3, -0.25) is 4.79 Å². The number of methoxy groups -OCH3 is 1. The van der Waals surface area contributed by atoms with Gasteiger partial charge in [0.05, 0.1) is 30.9 Å². The third-order valence-electron chi connectivity index (χ3n) is 4.42. The number of amides is 1. The minimum absolute atomic E-state index is 0.0583. The summed E-state index contributed by atoms with van der Waals surface area (Å²) in [7, 11) is 1.67. The SMILES string of the molecule is COCCO[C@@H]1CCN(C(=O)c2ccsc2)[C@@H]1Cc1ccccc1. The van der Waals surface area contributed by atoms with E-state index in [0.717, 1.165) is 24.9 Å². The zero-order valence-electron chi connectivity index (χ0n) is 13.9. The molecule has 0 radical (unpaired) electrons. The van der Waals surface area contributed by atoms with Crippen LogP contribution in [0.25, 0.3) is 0 Å². The van der Waals surface area contributed by atoms with E-state index in [-0.39, 0.29) is 18.1 Å². The first kappa shape index (κ1) is 17.1. The number of carbonyl (C=O) groups is 1.